The summed E-state index contributed by atoms with van der Waals surface area (Å²) in [6.45, 7) is 2.13. The smallest absolute Gasteiger partial charge is 0.0985 e. The number of benzene rings is 5. The molecule has 0 radical (unpaired) electrons. The summed E-state index contributed by atoms with van der Waals surface area (Å²) in [4.78, 5) is 10.3. The standard InChI is InChI=1S/C29H20N2.CH4/c1-19-16-17-22-23(18-19)28-29(31-25-15-9-8-14-24(25)30-28)27(21-12-6-3-7-13-21)26(22)20-10-4-2-5-11-20;/h2-18H,1H3;1H4. The van der Waals surface area contributed by atoms with Gasteiger partial charge in [-0.1, -0.05) is 97.9 Å². The molecule has 32 heavy (non-hydrogen) atoms. The predicted octanol–water partition coefficient (Wildman–Crippen LogP) is 8.21. The fourth-order valence-corrected chi connectivity index (χ4v) is 4.48. The minimum absolute atomic E-state index is 0. The van der Waals surface area contributed by atoms with Crippen molar-refractivity contribution in [3.63, 3.8) is 0 Å². The Balaban J connectivity index is 0.00000216. The maximum absolute atomic E-state index is 5.16. The monoisotopic (exact) mass is 412 g/mol. The third-order valence-electron chi connectivity index (χ3n) is 5.88. The van der Waals surface area contributed by atoms with Gasteiger partial charge in [0, 0.05) is 10.9 Å². The van der Waals surface area contributed by atoms with E-state index in [9.17, 15) is 0 Å². The van der Waals surface area contributed by atoms with Crippen molar-refractivity contribution < 1.29 is 0 Å². The lowest BCUT2D eigenvalue weighted by Crippen LogP contribution is -1.96. The summed E-state index contributed by atoms with van der Waals surface area (Å²) < 4.78 is 0. The highest BCUT2D eigenvalue weighted by Gasteiger charge is 2.20. The number of aromatic nitrogens is 2. The van der Waals surface area contributed by atoms with Crippen LogP contribution in [0.3, 0.4) is 0 Å². The van der Waals surface area contributed by atoms with E-state index in [0.29, 0.717) is 0 Å². The van der Waals surface area contributed by atoms with Gasteiger partial charge >= 0.3 is 0 Å². The number of fused-ring (bicyclic) bond motifs is 4. The molecule has 1 heterocycles. The molecule has 0 saturated heterocycles. The van der Waals surface area contributed by atoms with E-state index in [1.54, 1.807) is 0 Å². The van der Waals surface area contributed by atoms with Crippen LogP contribution in [0, 0.1) is 6.92 Å². The van der Waals surface area contributed by atoms with Gasteiger partial charge in [0.2, 0.25) is 0 Å². The molecular weight excluding hydrogens is 388 g/mol. The van der Waals surface area contributed by atoms with Crippen molar-refractivity contribution in [3.05, 3.63) is 109 Å². The van der Waals surface area contributed by atoms with E-state index < -0.39 is 0 Å². The fourth-order valence-electron chi connectivity index (χ4n) is 4.48. The summed E-state index contributed by atoms with van der Waals surface area (Å²) >= 11 is 0. The molecule has 2 heteroatoms. The van der Waals surface area contributed by atoms with E-state index in [-0.39, 0.29) is 7.43 Å². The topological polar surface area (TPSA) is 25.8 Å². The van der Waals surface area contributed by atoms with Gasteiger partial charge < -0.3 is 0 Å². The number of hydrogen-bond donors (Lipinski definition) is 0. The van der Waals surface area contributed by atoms with E-state index in [0.717, 1.165) is 38.6 Å². The van der Waals surface area contributed by atoms with E-state index in [1.165, 1.54) is 22.1 Å². The molecule has 0 unspecified atom stereocenters. The molecule has 1 aromatic heterocycles. The lowest BCUT2D eigenvalue weighted by molar-refractivity contribution is 1.40. The number of aryl methyl sites for hydroxylation is 1. The summed E-state index contributed by atoms with van der Waals surface area (Å²) in [7, 11) is 0. The highest BCUT2D eigenvalue weighted by Crippen LogP contribution is 2.43. The Kier molecular flexibility index (Phi) is 4.91. The summed E-state index contributed by atoms with van der Waals surface area (Å²) in [6, 6.07) is 36.0. The van der Waals surface area contributed by atoms with Gasteiger partial charge in [-0.3, -0.25) is 0 Å². The Hall–Kier alpha value is -4.04. The molecule has 0 amide bonds. The molecule has 0 aliphatic carbocycles. The van der Waals surface area contributed by atoms with Gasteiger partial charge in [0.25, 0.3) is 0 Å². The molecule has 0 saturated carbocycles. The maximum atomic E-state index is 5.16. The van der Waals surface area contributed by atoms with Crippen LogP contribution in [0.25, 0.3) is 55.1 Å². The van der Waals surface area contributed by atoms with Crippen LogP contribution in [0.5, 0.6) is 0 Å². The van der Waals surface area contributed by atoms with Crippen molar-refractivity contribution in [1.29, 1.82) is 0 Å². The predicted molar refractivity (Wildman–Crippen MR) is 137 cm³/mol. The number of nitrogens with zero attached hydrogens (tertiary/aromatic N) is 2. The van der Waals surface area contributed by atoms with Crippen molar-refractivity contribution in [2.24, 2.45) is 0 Å². The van der Waals surface area contributed by atoms with E-state index in [4.69, 9.17) is 9.97 Å². The molecule has 154 valence electrons. The molecule has 0 aliphatic rings. The van der Waals surface area contributed by atoms with Crippen LogP contribution in [0.1, 0.15) is 13.0 Å². The lowest BCUT2D eigenvalue weighted by atomic mass is 9.87. The Morgan fingerprint density at radius 3 is 1.66 bits per heavy atom. The molecular formula is C30H24N2. The average Bonchev–Trinajstić information content (AvgIpc) is 2.83. The second kappa shape index (κ2) is 7.90. The molecule has 0 aliphatic heterocycles. The van der Waals surface area contributed by atoms with E-state index in [2.05, 4.69) is 85.8 Å². The van der Waals surface area contributed by atoms with Gasteiger partial charge in [-0.05, 0) is 47.2 Å². The summed E-state index contributed by atoms with van der Waals surface area (Å²) in [5, 5.41) is 2.35. The second-order valence-corrected chi connectivity index (χ2v) is 7.94. The zero-order valence-electron chi connectivity index (χ0n) is 17.2. The highest BCUT2D eigenvalue weighted by atomic mass is 14.8. The van der Waals surface area contributed by atoms with Crippen molar-refractivity contribution in [2.45, 2.75) is 14.4 Å². The SMILES string of the molecule is C.Cc1ccc2c(-c3ccccc3)c(-c3ccccc3)c3nc4ccccc4nc3c2c1. The number of para-hydroxylation sites is 2. The van der Waals surface area contributed by atoms with Crippen LogP contribution >= 0.6 is 0 Å². The number of rotatable bonds is 2. The first-order valence-electron chi connectivity index (χ1n) is 10.5. The molecule has 6 rings (SSSR count). The lowest BCUT2D eigenvalue weighted by Gasteiger charge is -2.18. The van der Waals surface area contributed by atoms with Crippen molar-refractivity contribution in [1.82, 2.24) is 9.97 Å². The molecule has 5 aromatic carbocycles. The normalized spacial score (nSPS) is 11.0. The van der Waals surface area contributed by atoms with Crippen LogP contribution in [0.2, 0.25) is 0 Å². The van der Waals surface area contributed by atoms with Gasteiger partial charge in [-0.15, -0.1) is 0 Å². The van der Waals surface area contributed by atoms with Crippen LogP contribution in [-0.2, 0) is 0 Å². The highest BCUT2D eigenvalue weighted by molar-refractivity contribution is 6.20. The molecule has 0 bridgehead atoms. The van der Waals surface area contributed by atoms with E-state index in [1.807, 2.05) is 24.3 Å². The minimum atomic E-state index is 0. The Morgan fingerprint density at radius 2 is 1.03 bits per heavy atom. The first-order chi connectivity index (χ1) is 15.3. The van der Waals surface area contributed by atoms with Gasteiger partial charge in [0.05, 0.1) is 22.1 Å². The van der Waals surface area contributed by atoms with Gasteiger partial charge in [-0.2, -0.15) is 0 Å². The first kappa shape index (κ1) is 19.9. The molecule has 0 spiro atoms. The number of hydrogen-bond acceptors (Lipinski definition) is 2. The Morgan fingerprint density at radius 1 is 0.500 bits per heavy atom. The maximum Gasteiger partial charge on any atom is 0.0985 e. The van der Waals surface area contributed by atoms with E-state index >= 15 is 0 Å². The molecule has 2 nitrogen and oxygen atoms in total. The van der Waals surface area contributed by atoms with Crippen molar-refractivity contribution in [2.75, 3.05) is 0 Å². The van der Waals surface area contributed by atoms with Crippen molar-refractivity contribution in [3.8, 4) is 22.3 Å². The largest absolute Gasteiger partial charge is 0.244 e. The summed E-state index contributed by atoms with van der Waals surface area (Å²) in [5.74, 6) is 0. The molecule has 6 aromatic rings. The zero-order valence-corrected chi connectivity index (χ0v) is 17.2. The minimum Gasteiger partial charge on any atom is -0.244 e. The quantitative estimate of drug-likeness (QED) is 0.211. The summed E-state index contributed by atoms with van der Waals surface area (Å²) in [6.07, 6.45) is 0. The fraction of sp³-hybridized carbons (Fsp3) is 0.0667. The Bertz CT molecular complexity index is 1570. The first-order valence-corrected chi connectivity index (χ1v) is 10.5. The van der Waals surface area contributed by atoms with Crippen molar-refractivity contribution >= 4 is 32.8 Å². The van der Waals surface area contributed by atoms with Gasteiger partial charge in [0.15, 0.2) is 0 Å². The zero-order chi connectivity index (χ0) is 20.8. The third kappa shape index (κ3) is 3.12. The van der Waals surface area contributed by atoms with Gasteiger partial charge in [-0.25, -0.2) is 9.97 Å². The molecule has 0 N–H and O–H groups in total. The van der Waals surface area contributed by atoms with Crippen LogP contribution < -0.4 is 0 Å². The average molecular weight is 413 g/mol. The van der Waals surface area contributed by atoms with Crippen LogP contribution in [0.15, 0.2) is 103 Å². The van der Waals surface area contributed by atoms with Crippen LogP contribution in [0.4, 0.5) is 0 Å². The van der Waals surface area contributed by atoms with Crippen LogP contribution in [-0.4, -0.2) is 9.97 Å². The molecule has 0 fully saturated rings. The molecule has 0 atom stereocenters. The third-order valence-corrected chi connectivity index (χ3v) is 5.88. The second-order valence-electron chi connectivity index (χ2n) is 7.94. The summed E-state index contributed by atoms with van der Waals surface area (Å²) in [5.41, 5.74) is 9.64. The Labute approximate surface area is 188 Å². The van der Waals surface area contributed by atoms with Gasteiger partial charge in [0.1, 0.15) is 0 Å².